The van der Waals surface area contributed by atoms with Gasteiger partial charge in [-0.3, -0.25) is 9.89 Å². The van der Waals surface area contributed by atoms with Crippen LogP contribution < -0.4 is 0 Å². The van der Waals surface area contributed by atoms with E-state index in [0.29, 0.717) is 16.5 Å². The number of hydrogen-bond acceptors (Lipinski definition) is 4. The van der Waals surface area contributed by atoms with Gasteiger partial charge in [0.15, 0.2) is 5.78 Å². The van der Waals surface area contributed by atoms with Gasteiger partial charge in [-0.2, -0.15) is 0 Å². The minimum atomic E-state index is 0.0790. The van der Waals surface area contributed by atoms with Crippen LogP contribution in [0.25, 0.3) is 0 Å². The van der Waals surface area contributed by atoms with Crippen molar-refractivity contribution in [3.05, 3.63) is 40.1 Å². The first-order chi connectivity index (χ1) is 8.69. The van der Waals surface area contributed by atoms with Crippen molar-refractivity contribution in [3.8, 4) is 0 Å². The van der Waals surface area contributed by atoms with Crippen LogP contribution in [0.4, 0.5) is 0 Å². The number of carbonyl (C=O) groups is 1. The lowest BCUT2D eigenvalue weighted by Crippen LogP contribution is -2.02. The second kappa shape index (κ2) is 6.15. The van der Waals surface area contributed by atoms with Gasteiger partial charge in [-0.05, 0) is 12.1 Å². The zero-order chi connectivity index (χ0) is 13.0. The number of aromatic amines is 1. The maximum atomic E-state index is 11.9. The average molecular weight is 326 g/mol. The highest BCUT2D eigenvalue weighted by Crippen LogP contribution is 2.16. The maximum Gasteiger partial charge on any atom is 0.208 e. The van der Waals surface area contributed by atoms with Crippen molar-refractivity contribution in [2.45, 2.75) is 18.5 Å². The largest absolute Gasteiger partial charge is 0.293 e. The van der Waals surface area contributed by atoms with Crippen LogP contribution in [0.3, 0.4) is 0 Å². The van der Waals surface area contributed by atoms with Crippen molar-refractivity contribution in [1.29, 1.82) is 0 Å². The average Bonchev–Trinajstić information content (AvgIpc) is 2.85. The summed E-state index contributed by atoms with van der Waals surface area (Å²) in [6, 6.07) is 7.34. The third kappa shape index (κ3) is 3.43. The number of H-pyrrole nitrogens is 1. The number of halogens is 1. The number of aromatic nitrogens is 3. The maximum absolute atomic E-state index is 11.9. The second-order valence-corrected chi connectivity index (χ2v) is 5.50. The van der Waals surface area contributed by atoms with Crippen LogP contribution in [0, 0.1) is 0 Å². The predicted molar refractivity (Wildman–Crippen MR) is 75.0 cm³/mol. The van der Waals surface area contributed by atoms with E-state index in [9.17, 15) is 4.79 Å². The first-order valence-electron chi connectivity index (χ1n) is 5.52. The molecule has 1 N–H and O–H groups in total. The fraction of sp³-hybridized carbons (Fsp3) is 0.250. The Labute approximate surface area is 118 Å². The number of carbonyl (C=O) groups excluding carboxylic acids is 1. The summed E-state index contributed by atoms with van der Waals surface area (Å²) < 4.78 is 0.966. The van der Waals surface area contributed by atoms with Crippen LogP contribution in [0.2, 0.25) is 0 Å². The van der Waals surface area contributed by atoms with Crippen molar-refractivity contribution in [3.63, 3.8) is 0 Å². The molecule has 0 unspecified atom stereocenters. The van der Waals surface area contributed by atoms with Gasteiger partial charge in [0, 0.05) is 16.5 Å². The van der Waals surface area contributed by atoms with Gasteiger partial charge in [0.1, 0.15) is 5.82 Å². The summed E-state index contributed by atoms with van der Waals surface area (Å²) in [5.74, 6) is 1.27. The van der Waals surface area contributed by atoms with Gasteiger partial charge in [0.25, 0.3) is 0 Å². The zero-order valence-corrected chi connectivity index (χ0v) is 12.2. The molecule has 0 fully saturated rings. The summed E-state index contributed by atoms with van der Waals surface area (Å²) in [7, 11) is 0. The molecule has 2 rings (SSSR count). The Morgan fingerprint density at radius 1 is 1.39 bits per heavy atom. The molecule has 1 aromatic carbocycles. The highest BCUT2D eigenvalue weighted by molar-refractivity contribution is 9.10. The summed E-state index contributed by atoms with van der Waals surface area (Å²) in [4.78, 5) is 16.1. The van der Waals surface area contributed by atoms with E-state index in [1.165, 1.54) is 11.8 Å². The minimum Gasteiger partial charge on any atom is -0.293 e. The van der Waals surface area contributed by atoms with Crippen LogP contribution in [0.15, 0.2) is 33.9 Å². The van der Waals surface area contributed by atoms with Crippen LogP contribution in [-0.4, -0.2) is 26.7 Å². The molecule has 0 bridgehead atoms. The van der Waals surface area contributed by atoms with Crippen LogP contribution in [0.1, 0.15) is 23.1 Å². The monoisotopic (exact) mass is 325 g/mol. The Balaban J connectivity index is 1.93. The molecule has 0 radical (unpaired) electrons. The lowest BCUT2D eigenvalue weighted by Gasteiger charge is -1.99. The predicted octanol–water partition coefficient (Wildman–Crippen LogP) is 3.10. The molecule has 6 heteroatoms. The van der Waals surface area contributed by atoms with E-state index in [1.54, 1.807) is 0 Å². The molecule has 0 aliphatic heterocycles. The topological polar surface area (TPSA) is 58.6 Å². The molecule has 0 aliphatic carbocycles. The number of ketones is 1. The number of aryl methyl sites for hydroxylation is 1. The van der Waals surface area contributed by atoms with E-state index in [0.717, 1.165) is 16.7 Å². The zero-order valence-electron chi connectivity index (χ0n) is 9.81. The molecule has 2 aromatic rings. The van der Waals surface area contributed by atoms with E-state index in [2.05, 4.69) is 31.1 Å². The number of hydrogen-bond donors (Lipinski definition) is 1. The molecule has 0 spiro atoms. The Bertz CT molecular complexity index is 539. The van der Waals surface area contributed by atoms with Gasteiger partial charge in [-0.25, -0.2) is 4.98 Å². The Morgan fingerprint density at radius 2 is 2.11 bits per heavy atom. The molecule has 0 amide bonds. The molecule has 18 heavy (non-hydrogen) atoms. The van der Waals surface area contributed by atoms with Crippen molar-refractivity contribution in [1.82, 2.24) is 15.2 Å². The number of Topliss-reactive ketones (excluding diaryl/α,β-unsaturated/α-hetero) is 1. The lowest BCUT2D eigenvalue weighted by molar-refractivity contribution is 0.102. The van der Waals surface area contributed by atoms with Crippen molar-refractivity contribution in [2.24, 2.45) is 0 Å². The Morgan fingerprint density at radius 3 is 2.72 bits per heavy atom. The molecule has 0 atom stereocenters. The number of nitrogens with one attached hydrogen (secondary N) is 1. The summed E-state index contributed by atoms with van der Waals surface area (Å²) in [5, 5.41) is 7.48. The van der Waals surface area contributed by atoms with Crippen molar-refractivity contribution >= 4 is 33.5 Å². The normalized spacial score (nSPS) is 10.6. The highest BCUT2D eigenvalue weighted by Gasteiger charge is 2.09. The first kappa shape index (κ1) is 13.3. The third-order valence-corrected chi connectivity index (χ3v) is 3.72. The number of thioether (sulfide) groups is 1. The number of rotatable bonds is 5. The molecule has 0 saturated carbocycles. The van der Waals surface area contributed by atoms with Gasteiger partial charge < -0.3 is 0 Å². The van der Waals surface area contributed by atoms with Crippen molar-refractivity contribution < 1.29 is 4.79 Å². The lowest BCUT2D eigenvalue weighted by atomic mass is 10.2. The third-order valence-electron chi connectivity index (χ3n) is 2.34. The van der Waals surface area contributed by atoms with Gasteiger partial charge >= 0.3 is 0 Å². The molecular formula is C12H12BrN3OS. The standard InChI is InChI=1S/C12H12BrN3OS/c1-2-11-14-12(16-15-11)18-7-10(17)8-3-5-9(13)6-4-8/h3-6H,2,7H2,1H3,(H,14,15,16). The summed E-state index contributed by atoms with van der Waals surface area (Å²) in [5.41, 5.74) is 0.706. The van der Waals surface area contributed by atoms with E-state index in [-0.39, 0.29) is 5.78 Å². The summed E-state index contributed by atoms with van der Waals surface area (Å²) in [6.07, 6.45) is 0.814. The van der Waals surface area contributed by atoms with Gasteiger partial charge in [-0.15, -0.1) is 5.10 Å². The van der Waals surface area contributed by atoms with E-state index >= 15 is 0 Å². The highest BCUT2D eigenvalue weighted by atomic mass is 79.9. The van der Waals surface area contributed by atoms with Crippen LogP contribution in [0.5, 0.6) is 0 Å². The fourth-order valence-electron chi connectivity index (χ4n) is 1.35. The molecule has 1 aromatic heterocycles. The molecule has 4 nitrogen and oxygen atoms in total. The Kier molecular flexibility index (Phi) is 4.54. The smallest absolute Gasteiger partial charge is 0.208 e. The van der Waals surface area contributed by atoms with Gasteiger partial charge in [0.05, 0.1) is 5.75 Å². The molecular weight excluding hydrogens is 314 g/mol. The van der Waals surface area contributed by atoms with Gasteiger partial charge in [0.2, 0.25) is 5.16 Å². The second-order valence-electron chi connectivity index (χ2n) is 3.64. The van der Waals surface area contributed by atoms with E-state index in [4.69, 9.17) is 0 Å². The number of nitrogens with zero attached hydrogens (tertiary/aromatic N) is 2. The summed E-state index contributed by atoms with van der Waals surface area (Å²) >= 11 is 4.69. The van der Waals surface area contributed by atoms with E-state index in [1.807, 2.05) is 31.2 Å². The van der Waals surface area contributed by atoms with Crippen LogP contribution in [-0.2, 0) is 6.42 Å². The quantitative estimate of drug-likeness (QED) is 0.677. The fourth-order valence-corrected chi connectivity index (χ4v) is 2.33. The van der Waals surface area contributed by atoms with Crippen LogP contribution >= 0.6 is 27.7 Å². The molecule has 1 heterocycles. The van der Waals surface area contributed by atoms with Gasteiger partial charge in [-0.1, -0.05) is 46.7 Å². The molecule has 0 saturated heterocycles. The minimum absolute atomic E-state index is 0.0790. The molecule has 94 valence electrons. The first-order valence-corrected chi connectivity index (χ1v) is 7.29. The molecule has 0 aliphatic rings. The summed E-state index contributed by atoms with van der Waals surface area (Å²) in [6.45, 7) is 2.00. The SMILES string of the molecule is CCc1nc(SCC(=O)c2ccc(Br)cc2)n[nH]1. The van der Waals surface area contributed by atoms with E-state index < -0.39 is 0 Å². The van der Waals surface area contributed by atoms with Crippen molar-refractivity contribution in [2.75, 3.05) is 5.75 Å². The Hall–Kier alpha value is -1.14. The number of benzene rings is 1.